The van der Waals surface area contributed by atoms with Gasteiger partial charge in [0.05, 0.1) is 44.1 Å². The number of nitrogens with one attached hydrogen (secondary N) is 3. The predicted molar refractivity (Wildman–Crippen MR) is 100 cm³/mol. The molecule has 3 heterocycles. The van der Waals surface area contributed by atoms with Gasteiger partial charge in [0, 0.05) is 18.0 Å². The molecule has 0 saturated carbocycles. The maximum absolute atomic E-state index is 12.5. The lowest BCUT2D eigenvalue weighted by atomic mass is 10.0. The summed E-state index contributed by atoms with van der Waals surface area (Å²) >= 11 is 0. The monoisotopic (exact) mass is 401 g/mol. The summed E-state index contributed by atoms with van der Waals surface area (Å²) in [5.74, 6) is -1.16. The summed E-state index contributed by atoms with van der Waals surface area (Å²) in [7, 11) is 2.46. The van der Waals surface area contributed by atoms with E-state index < -0.39 is 17.8 Å². The summed E-state index contributed by atoms with van der Waals surface area (Å²) in [6, 6.07) is 0. The molecule has 11 nitrogen and oxygen atoms in total. The minimum Gasteiger partial charge on any atom is -0.479 e. The number of ether oxygens (including phenoxy) is 3. The largest absolute Gasteiger partial charge is 0.479 e. The van der Waals surface area contributed by atoms with Crippen LogP contribution in [0.2, 0.25) is 0 Å². The van der Waals surface area contributed by atoms with Crippen molar-refractivity contribution in [3.63, 3.8) is 0 Å². The minimum atomic E-state index is -0.701. The van der Waals surface area contributed by atoms with E-state index in [0.717, 1.165) is 0 Å². The van der Waals surface area contributed by atoms with Crippen molar-refractivity contribution in [2.75, 3.05) is 20.8 Å². The van der Waals surface area contributed by atoms with E-state index in [1.807, 2.05) is 0 Å². The second-order valence-corrected chi connectivity index (χ2v) is 5.80. The number of carbonyl (C=O) groups is 3. The normalized spacial score (nSPS) is 14.5. The zero-order valence-electron chi connectivity index (χ0n) is 16.0. The summed E-state index contributed by atoms with van der Waals surface area (Å²) in [4.78, 5) is 46.5. The average Bonchev–Trinajstić information content (AvgIpc) is 3.43. The third kappa shape index (κ3) is 3.88. The molecule has 1 aliphatic rings. The number of aromatic nitrogens is 3. The van der Waals surface area contributed by atoms with Crippen LogP contribution in [-0.2, 0) is 25.5 Å². The summed E-state index contributed by atoms with van der Waals surface area (Å²) in [5.41, 5.74) is 3.37. The van der Waals surface area contributed by atoms with E-state index in [2.05, 4.69) is 25.5 Å². The number of nitrogens with zero attached hydrogens (tertiary/aromatic N) is 2. The van der Waals surface area contributed by atoms with Crippen LogP contribution in [0.25, 0.3) is 6.08 Å². The van der Waals surface area contributed by atoms with Crippen molar-refractivity contribution in [2.45, 2.75) is 13.3 Å². The Kier molecular flexibility index (Phi) is 5.77. The summed E-state index contributed by atoms with van der Waals surface area (Å²) < 4.78 is 15.1. The third-order valence-electron chi connectivity index (χ3n) is 4.10. The molecular weight excluding hydrogens is 382 g/mol. The Morgan fingerprint density at radius 3 is 2.66 bits per heavy atom. The Bertz CT molecular complexity index is 1000. The molecule has 0 radical (unpaired) electrons. The number of hydrogen-bond acceptors (Lipinski definition) is 8. The summed E-state index contributed by atoms with van der Waals surface area (Å²) in [5, 5.41) is 3.98. The van der Waals surface area contributed by atoms with E-state index in [0.29, 0.717) is 5.82 Å². The summed E-state index contributed by atoms with van der Waals surface area (Å²) in [6.45, 7) is 2.04. The van der Waals surface area contributed by atoms with Crippen LogP contribution in [0.3, 0.4) is 0 Å². The van der Waals surface area contributed by atoms with Gasteiger partial charge in [-0.05, 0) is 13.0 Å². The van der Waals surface area contributed by atoms with Crippen LogP contribution in [-0.4, -0.2) is 59.3 Å². The Morgan fingerprint density at radius 1 is 1.24 bits per heavy atom. The lowest BCUT2D eigenvalue weighted by molar-refractivity contribution is -0.139. The highest BCUT2D eigenvalue weighted by Gasteiger charge is 2.30. The molecule has 0 aromatic carbocycles. The highest BCUT2D eigenvalue weighted by molar-refractivity contribution is 6.32. The number of esters is 2. The fraction of sp³-hybridized carbons (Fsp3) is 0.278. The highest BCUT2D eigenvalue weighted by atomic mass is 16.5. The molecule has 0 saturated heterocycles. The number of carbonyl (C=O) groups excluding carboxylic acids is 3. The van der Waals surface area contributed by atoms with Gasteiger partial charge >= 0.3 is 11.9 Å². The smallest absolute Gasteiger partial charge is 0.340 e. The molecule has 3 rings (SSSR count). The fourth-order valence-electron chi connectivity index (χ4n) is 2.82. The van der Waals surface area contributed by atoms with Crippen LogP contribution in [0.1, 0.15) is 34.4 Å². The topological polar surface area (TPSA) is 148 Å². The first-order valence-electron chi connectivity index (χ1n) is 8.62. The van der Waals surface area contributed by atoms with E-state index in [1.165, 1.54) is 26.5 Å². The van der Waals surface area contributed by atoms with Gasteiger partial charge in [-0.25, -0.2) is 15.2 Å². The van der Waals surface area contributed by atoms with Crippen molar-refractivity contribution in [2.24, 2.45) is 5.10 Å². The molecule has 1 amide bonds. The molecule has 3 N–H and O–H groups in total. The molecule has 0 atom stereocenters. The van der Waals surface area contributed by atoms with E-state index in [-0.39, 0.29) is 47.0 Å². The maximum Gasteiger partial charge on any atom is 0.340 e. The molecule has 2 aromatic rings. The molecule has 0 fully saturated rings. The molecule has 0 spiro atoms. The quantitative estimate of drug-likeness (QED) is 0.453. The SMILES string of the molecule is CCOc1[nH]c(/C=C2/C(=O)NN=C2c2ncc[nH]2)c(C(=O)OC)c1CC(=O)OC. The lowest BCUT2D eigenvalue weighted by Crippen LogP contribution is -2.15. The van der Waals surface area contributed by atoms with Crippen molar-refractivity contribution < 1.29 is 28.6 Å². The van der Waals surface area contributed by atoms with E-state index in [1.54, 1.807) is 13.1 Å². The van der Waals surface area contributed by atoms with Gasteiger partial charge in [0.25, 0.3) is 5.91 Å². The van der Waals surface area contributed by atoms with Gasteiger partial charge < -0.3 is 24.2 Å². The van der Waals surface area contributed by atoms with Gasteiger partial charge in [0.1, 0.15) is 5.71 Å². The standard InChI is InChI=1S/C18H19N5O6/c1-4-29-17-9(8-12(24)27-2)13(18(26)28-3)11(21-17)7-10-14(22-23-16(10)25)15-19-5-6-20-15/h5-7,21H,4,8H2,1-3H3,(H,19,20)(H,23,25)/b10-7+. The number of amides is 1. The number of imidazole rings is 1. The summed E-state index contributed by atoms with van der Waals surface area (Å²) in [6.07, 6.45) is 4.32. The number of aromatic amines is 2. The van der Waals surface area contributed by atoms with Gasteiger partial charge in [0.15, 0.2) is 11.7 Å². The molecule has 152 valence electrons. The molecule has 0 unspecified atom stereocenters. The van der Waals surface area contributed by atoms with Crippen molar-refractivity contribution in [3.8, 4) is 5.88 Å². The van der Waals surface area contributed by atoms with E-state index in [9.17, 15) is 14.4 Å². The first-order valence-corrected chi connectivity index (χ1v) is 8.62. The van der Waals surface area contributed by atoms with Gasteiger partial charge in [-0.1, -0.05) is 0 Å². The van der Waals surface area contributed by atoms with Gasteiger partial charge in [0.2, 0.25) is 0 Å². The average molecular weight is 401 g/mol. The van der Waals surface area contributed by atoms with E-state index in [4.69, 9.17) is 14.2 Å². The Hall–Kier alpha value is -3.89. The molecule has 0 aliphatic carbocycles. The van der Waals surface area contributed by atoms with Crippen LogP contribution in [0, 0.1) is 0 Å². The molecular formula is C18H19N5O6. The van der Waals surface area contributed by atoms with Crippen molar-refractivity contribution in [1.82, 2.24) is 20.4 Å². The molecule has 2 aromatic heterocycles. The maximum atomic E-state index is 12.5. The minimum absolute atomic E-state index is 0.0624. The zero-order valence-corrected chi connectivity index (χ0v) is 16.0. The van der Waals surface area contributed by atoms with Gasteiger partial charge in [-0.2, -0.15) is 5.10 Å². The number of rotatable bonds is 7. The van der Waals surface area contributed by atoms with Crippen LogP contribution in [0.5, 0.6) is 5.88 Å². The second kappa shape index (κ2) is 8.42. The molecule has 29 heavy (non-hydrogen) atoms. The Labute approximate surface area is 165 Å². The van der Waals surface area contributed by atoms with Gasteiger partial charge in [-0.3, -0.25) is 9.59 Å². The van der Waals surface area contributed by atoms with Crippen molar-refractivity contribution in [3.05, 3.63) is 40.6 Å². The van der Waals surface area contributed by atoms with Crippen LogP contribution < -0.4 is 10.2 Å². The van der Waals surface area contributed by atoms with Gasteiger partial charge in [-0.15, -0.1) is 0 Å². The second-order valence-electron chi connectivity index (χ2n) is 5.80. The first kappa shape index (κ1) is 19.9. The lowest BCUT2D eigenvalue weighted by Gasteiger charge is -2.06. The Morgan fingerprint density at radius 2 is 2.03 bits per heavy atom. The number of H-pyrrole nitrogens is 2. The van der Waals surface area contributed by atoms with Crippen LogP contribution >= 0.6 is 0 Å². The number of hydrogen-bond donors (Lipinski definition) is 3. The third-order valence-corrected chi connectivity index (χ3v) is 4.10. The molecule has 0 bridgehead atoms. The van der Waals surface area contributed by atoms with Crippen LogP contribution in [0.4, 0.5) is 0 Å². The van der Waals surface area contributed by atoms with E-state index >= 15 is 0 Å². The zero-order chi connectivity index (χ0) is 21.0. The highest BCUT2D eigenvalue weighted by Crippen LogP contribution is 2.30. The van der Waals surface area contributed by atoms with Crippen LogP contribution in [0.15, 0.2) is 23.1 Å². The Balaban J connectivity index is 2.15. The molecule has 11 heteroatoms. The number of methoxy groups -OCH3 is 2. The first-order chi connectivity index (χ1) is 14.0. The number of hydrazone groups is 1. The van der Waals surface area contributed by atoms with Crippen molar-refractivity contribution >= 4 is 29.6 Å². The predicted octanol–water partition coefficient (Wildman–Crippen LogP) is 0.556. The molecule has 1 aliphatic heterocycles. The van der Waals surface area contributed by atoms with Crippen molar-refractivity contribution in [1.29, 1.82) is 0 Å². The fourth-order valence-corrected chi connectivity index (χ4v) is 2.82.